The number of hydrogen-bond acceptors (Lipinski definition) is 4. The molecule has 0 amide bonds. The van der Waals surface area contributed by atoms with Gasteiger partial charge in [0.2, 0.25) is 5.75 Å². The number of phenolic OH excluding ortho intramolecular Hbond substituents is 1. The van der Waals surface area contributed by atoms with E-state index in [-0.39, 0.29) is 42.4 Å². The smallest absolute Gasteiger partial charge is 1.00 e. The molecule has 0 unspecified atom stereocenters. The molecule has 5 nitrogen and oxygen atoms in total. The maximum atomic E-state index is 10.3. The molecule has 1 rings (SSSR count). The first kappa shape index (κ1) is 12.2. The van der Waals surface area contributed by atoms with Crippen LogP contribution >= 0.6 is 0 Å². The maximum Gasteiger partial charge on any atom is 1.00 e. The summed E-state index contributed by atoms with van der Waals surface area (Å²) >= 11 is 0. The van der Waals surface area contributed by atoms with E-state index in [4.69, 9.17) is 0 Å². The second-order valence-corrected chi connectivity index (χ2v) is 2.09. The first-order valence-electron chi connectivity index (χ1n) is 3.17. The molecule has 0 radical (unpaired) electrons. The van der Waals surface area contributed by atoms with Gasteiger partial charge in [0.25, 0.3) is 0 Å². The molecule has 0 aromatic heterocycles. The SMILES string of the molecule is COc1cccc([N+](=O)[O-])c1O.[H-].[Na+]. The molecule has 1 aromatic rings. The largest absolute Gasteiger partial charge is 1.00 e. The van der Waals surface area contributed by atoms with Gasteiger partial charge in [-0.25, -0.2) is 0 Å². The number of phenols is 1. The van der Waals surface area contributed by atoms with Gasteiger partial charge in [0.1, 0.15) is 0 Å². The molecule has 0 saturated heterocycles. The van der Waals surface area contributed by atoms with E-state index >= 15 is 0 Å². The summed E-state index contributed by atoms with van der Waals surface area (Å²) in [6.45, 7) is 0. The Morgan fingerprint density at radius 3 is 2.69 bits per heavy atom. The summed E-state index contributed by atoms with van der Waals surface area (Å²) < 4.78 is 4.68. The van der Waals surface area contributed by atoms with E-state index in [0.717, 1.165) is 0 Å². The number of para-hydroxylation sites is 1. The fraction of sp³-hybridized carbons (Fsp3) is 0.143. The van der Waals surface area contributed by atoms with Crippen LogP contribution in [0.5, 0.6) is 11.5 Å². The van der Waals surface area contributed by atoms with Gasteiger partial charge in [0.15, 0.2) is 5.75 Å². The maximum absolute atomic E-state index is 10.3. The van der Waals surface area contributed by atoms with Crippen molar-refractivity contribution in [1.29, 1.82) is 0 Å². The molecule has 0 saturated carbocycles. The van der Waals surface area contributed by atoms with Crippen LogP contribution in [0.1, 0.15) is 1.43 Å². The first-order valence-corrected chi connectivity index (χ1v) is 3.17. The van der Waals surface area contributed by atoms with Gasteiger partial charge in [-0.3, -0.25) is 10.1 Å². The standard InChI is InChI=1S/C7H7NO4.Na.H/c1-12-6-4-2-3-5(7(6)9)8(10)11;;/h2-4,9H,1H3;;/q;+1;-1. The summed E-state index contributed by atoms with van der Waals surface area (Å²) in [5, 5.41) is 19.5. The Balaban J connectivity index is 0. The van der Waals surface area contributed by atoms with Crippen LogP contribution in [-0.4, -0.2) is 17.1 Å². The van der Waals surface area contributed by atoms with E-state index in [1.54, 1.807) is 0 Å². The number of hydrogen-bond donors (Lipinski definition) is 1. The van der Waals surface area contributed by atoms with Crippen LogP contribution in [0, 0.1) is 10.1 Å². The average Bonchev–Trinajstić information content (AvgIpc) is 2.04. The Labute approximate surface area is 98.3 Å². The van der Waals surface area contributed by atoms with Gasteiger partial charge < -0.3 is 11.3 Å². The molecular weight excluding hydrogens is 185 g/mol. The summed E-state index contributed by atoms with van der Waals surface area (Å²) in [5.74, 6) is -0.339. The molecule has 0 spiro atoms. The normalized spacial score (nSPS) is 8.69. The summed E-state index contributed by atoms with van der Waals surface area (Å²) in [7, 11) is 1.33. The molecule has 0 atom stereocenters. The van der Waals surface area contributed by atoms with Crippen molar-refractivity contribution >= 4 is 5.69 Å². The average molecular weight is 193 g/mol. The Bertz CT molecular complexity index is 321. The van der Waals surface area contributed by atoms with Crippen LogP contribution in [0.3, 0.4) is 0 Å². The monoisotopic (exact) mass is 193 g/mol. The van der Waals surface area contributed by atoms with E-state index in [0.29, 0.717) is 0 Å². The van der Waals surface area contributed by atoms with Crippen molar-refractivity contribution in [2.45, 2.75) is 0 Å². The first-order chi connectivity index (χ1) is 5.66. The van der Waals surface area contributed by atoms with E-state index in [1.165, 1.54) is 25.3 Å². The Morgan fingerprint density at radius 1 is 1.62 bits per heavy atom. The van der Waals surface area contributed by atoms with Gasteiger partial charge in [-0.2, -0.15) is 0 Å². The Hall–Kier alpha value is -0.780. The van der Waals surface area contributed by atoms with Crippen LogP contribution in [0.15, 0.2) is 18.2 Å². The molecule has 0 aliphatic heterocycles. The van der Waals surface area contributed by atoms with Crippen LogP contribution in [0.25, 0.3) is 0 Å². The second kappa shape index (κ2) is 5.06. The minimum atomic E-state index is -0.669. The van der Waals surface area contributed by atoms with Gasteiger partial charge in [0, 0.05) is 6.07 Å². The summed E-state index contributed by atoms with van der Waals surface area (Å²) in [6.07, 6.45) is 0. The van der Waals surface area contributed by atoms with Gasteiger partial charge in [0.05, 0.1) is 12.0 Å². The van der Waals surface area contributed by atoms with Crippen LogP contribution in [-0.2, 0) is 0 Å². The van der Waals surface area contributed by atoms with E-state index < -0.39 is 10.7 Å². The third kappa shape index (κ3) is 2.58. The van der Waals surface area contributed by atoms with Crippen LogP contribution in [0.4, 0.5) is 5.69 Å². The molecule has 6 heteroatoms. The Morgan fingerprint density at radius 2 is 2.23 bits per heavy atom. The molecule has 0 aliphatic carbocycles. The predicted molar refractivity (Wildman–Crippen MR) is 42.4 cm³/mol. The van der Waals surface area contributed by atoms with Gasteiger partial charge in [-0.1, -0.05) is 6.07 Å². The van der Waals surface area contributed by atoms with Crippen molar-refractivity contribution in [1.82, 2.24) is 0 Å². The van der Waals surface area contributed by atoms with Crippen LogP contribution in [0.2, 0.25) is 0 Å². The molecule has 0 fully saturated rings. The molecule has 1 aromatic carbocycles. The molecule has 13 heavy (non-hydrogen) atoms. The molecule has 0 heterocycles. The zero-order valence-electron chi connectivity index (χ0n) is 8.35. The van der Waals surface area contributed by atoms with Gasteiger partial charge in [-0.15, -0.1) is 0 Å². The zero-order chi connectivity index (χ0) is 9.14. The number of rotatable bonds is 2. The third-order valence-electron chi connectivity index (χ3n) is 1.39. The molecular formula is C7H8NNaO4. The Kier molecular flexibility index (Phi) is 4.76. The minimum Gasteiger partial charge on any atom is -1.00 e. The summed E-state index contributed by atoms with van der Waals surface area (Å²) in [5.41, 5.74) is -0.352. The fourth-order valence-corrected chi connectivity index (χ4v) is 0.823. The number of aromatic hydroxyl groups is 1. The van der Waals surface area contributed by atoms with Crippen molar-refractivity contribution in [2.75, 3.05) is 7.11 Å². The molecule has 1 N–H and O–H groups in total. The number of ether oxygens (including phenoxy) is 1. The number of methoxy groups -OCH3 is 1. The number of nitro groups is 1. The number of nitrogens with zero attached hydrogens (tertiary/aromatic N) is 1. The van der Waals surface area contributed by atoms with Gasteiger partial charge in [-0.05, 0) is 6.07 Å². The van der Waals surface area contributed by atoms with Crippen molar-refractivity contribution in [3.63, 3.8) is 0 Å². The predicted octanol–water partition coefficient (Wildman–Crippen LogP) is -1.57. The van der Waals surface area contributed by atoms with Crippen molar-refractivity contribution in [2.24, 2.45) is 0 Å². The van der Waals surface area contributed by atoms with Crippen molar-refractivity contribution in [3.05, 3.63) is 28.3 Å². The van der Waals surface area contributed by atoms with Crippen LogP contribution < -0.4 is 34.3 Å². The summed E-state index contributed by atoms with van der Waals surface area (Å²) in [4.78, 5) is 9.61. The third-order valence-corrected chi connectivity index (χ3v) is 1.39. The summed E-state index contributed by atoms with van der Waals surface area (Å²) in [6, 6.07) is 4.09. The molecule has 0 aliphatic rings. The minimum absolute atomic E-state index is 0. The van der Waals surface area contributed by atoms with Crippen molar-refractivity contribution in [3.8, 4) is 11.5 Å². The quantitative estimate of drug-likeness (QED) is 0.349. The van der Waals surface area contributed by atoms with E-state index in [9.17, 15) is 15.2 Å². The zero-order valence-corrected chi connectivity index (χ0v) is 9.35. The number of nitro benzene ring substituents is 1. The van der Waals surface area contributed by atoms with E-state index in [1.807, 2.05) is 0 Å². The molecule has 0 bridgehead atoms. The number of benzene rings is 1. The topological polar surface area (TPSA) is 72.6 Å². The second-order valence-electron chi connectivity index (χ2n) is 2.09. The van der Waals surface area contributed by atoms with Gasteiger partial charge >= 0.3 is 35.2 Å². The fourth-order valence-electron chi connectivity index (χ4n) is 0.823. The molecule has 66 valence electrons. The van der Waals surface area contributed by atoms with E-state index in [2.05, 4.69) is 4.74 Å². The van der Waals surface area contributed by atoms with Crippen molar-refractivity contribution < 1.29 is 45.8 Å².